The van der Waals surface area contributed by atoms with Crippen LogP contribution in [0.4, 0.5) is 11.4 Å². The molecule has 0 radical (unpaired) electrons. The van der Waals surface area contributed by atoms with Gasteiger partial charge in [0.15, 0.2) is 0 Å². The van der Waals surface area contributed by atoms with E-state index in [0.29, 0.717) is 32.0 Å². The summed E-state index contributed by atoms with van der Waals surface area (Å²) in [7, 11) is -1.98. The van der Waals surface area contributed by atoms with Crippen LogP contribution in [0.15, 0.2) is 47.4 Å². The summed E-state index contributed by atoms with van der Waals surface area (Å²) in [6.45, 7) is 6.87. The van der Waals surface area contributed by atoms with Crippen LogP contribution in [0.5, 0.6) is 0 Å². The number of benzene rings is 2. The Balaban J connectivity index is 1.61. The SMILES string of the molecule is Cc1cccc(C)c1NC(=O)CN(C)[C@@H](C)C(=O)Nc1cccc(S(=O)(=O)N2CCOCC2)c1. The summed E-state index contributed by atoms with van der Waals surface area (Å²) in [5, 5.41) is 5.67. The summed E-state index contributed by atoms with van der Waals surface area (Å²) in [4.78, 5) is 27.1. The van der Waals surface area contributed by atoms with Crippen molar-refractivity contribution >= 4 is 33.2 Å². The lowest BCUT2D eigenvalue weighted by molar-refractivity contribution is -0.122. The van der Waals surface area contributed by atoms with E-state index in [1.54, 1.807) is 31.0 Å². The van der Waals surface area contributed by atoms with Crippen molar-refractivity contribution < 1.29 is 22.7 Å². The van der Waals surface area contributed by atoms with Gasteiger partial charge in [-0.3, -0.25) is 14.5 Å². The monoisotopic (exact) mass is 488 g/mol. The molecule has 1 fully saturated rings. The van der Waals surface area contributed by atoms with Crippen LogP contribution >= 0.6 is 0 Å². The molecule has 0 aromatic heterocycles. The number of morpholine rings is 1. The van der Waals surface area contributed by atoms with E-state index in [-0.39, 0.29) is 23.3 Å². The maximum atomic E-state index is 12.9. The Morgan fingerprint density at radius 1 is 1.06 bits per heavy atom. The van der Waals surface area contributed by atoms with Gasteiger partial charge in [0, 0.05) is 24.5 Å². The van der Waals surface area contributed by atoms with E-state index < -0.39 is 16.1 Å². The molecule has 0 saturated carbocycles. The zero-order valence-corrected chi connectivity index (χ0v) is 20.8. The van der Waals surface area contributed by atoms with Crippen LogP contribution in [0.1, 0.15) is 18.1 Å². The van der Waals surface area contributed by atoms with Crippen molar-refractivity contribution in [1.29, 1.82) is 0 Å². The number of hydrogen-bond acceptors (Lipinski definition) is 6. The Bertz CT molecular complexity index is 1130. The van der Waals surface area contributed by atoms with Crippen molar-refractivity contribution in [1.82, 2.24) is 9.21 Å². The quantitative estimate of drug-likeness (QED) is 0.590. The first-order valence-electron chi connectivity index (χ1n) is 11.1. The number of ether oxygens (including phenoxy) is 1. The minimum atomic E-state index is -3.67. The topological polar surface area (TPSA) is 108 Å². The smallest absolute Gasteiger partial charge is 0.243 e. The minimum Gasteiger partial charge on any atom is -0.379 e. The summed E-state index contributed by atoms with van der Waals surface area (Å²) < 4.78 is 32.4. The molecule has 2 N–H and O–H groups in total. The van der Waals surface area contributed by atoms with E-state index in [4.69, 9.17) is 4.74 Å². The fraction of sp³-hybridized carbons (Fsp3) is 0.417. The number of hydrogen-bond donors (Lipinski definition) is 2. The van der Waals surface area contributed by atoms with Gasteiger partial charge in [0.25, 0.3) is 0 Å². The zero-order chi connectivity index (χ0) is 24.9. The Kier molecular flexibility index (Phi) is 8.42. The summed E-state index contributed by atoms with van der Waals surface area (Å²) >= 11 is 0. The number of nitrogens with zero attached hydrogens (tertiary/aromatic N) is 2. The average molecular weight is 489 g/mol. The molecule has 2 aromatic carbocycles. The summed E-state index contributed by atoms with van der Waals surface area (Å²) in [6, 6.07) is 11.3. The molecule has 0 unspecified atom stereocenters. The van der Waals surface area contributed by atoms with Gasteiger partial charge in [0.1, 0.15) is 0 Å². The number of aryl methyl sites for hydroxylation is 2. The van der Waals surface area contributed by atoms with Crippen molar-refractivity contribution in [3.63, 3.8) is 0 Å². The van der Waals surface area contributed by atoms with Crippen molar-refractivity contribution in [2.24, 2.45) is 0 Å². The molecule has 0 bridgehead atoms. The van der Waals surface area contributed by atoms with Crippen LogP contribution in [-0.2, 0) is 24.3 Å². The number of nitrogens with one attached hydrogen (secondary N) is 2. The van der Waals surface area contributed by atoms with Gasteiger partial charge in [-0.25, -0.2) is 8.42 Å². The highest BCUT2D eigenvalue weighted by Crippen LogP contribution is 2.21. The van der Waals surface area contributed by atoms with Gasteiger partial charge in [0.2, 0.25) is 21.8 Å². The molecule has 2 amide bonds. The highest BCUT2D eigenvalue weighted by atomic mass is 32.2. The number of likely N-dealkylation sites (N-methyl/N-ethyl adjacent to an activating group) is 1. The van der Waals surface area contributed by atoms with Crippen LogP contribution in [0.3, 0.4) is 0 Å². The molecule has 0 spiro atoms. The van der Waals surface area contributed by atoms with E-state index in [9.17, 15) is 18.0 Å². The van der Waals surface area contributed by atoms with Gasteiger partial charge in [-0.1, -0.05) is 24.3 Å². The number of carbonyl (C=O) groups is 2. The van der Waals surface area contributed by atoms with E-state index in [1.807, 2.05) is 32.0 Å². The summed E-state index contributed by atoms with van der Waals surface area (Å²) in [6.07, 6.45) is 0. The molecule has 1 heterocycles. The molecule has 1 aliphatic rings. The minimum absolute atomic E-state index is 0.0216. The van der Waals surface area contributed by atoms with Crippen LogP contribution in [-0.4, -0.2) is 75.4 Å². The van der Waals surface area contributed by atoms with Gasteiger partial charge < -0.3 is 15.4 Å². The third-order valence-corrected chi connectivity index (χ3v) is 7.78. The second-order valence-corrected chi connectivity index (χ2v) is 10.4. The average Bonchev–Trinajstić information content (AvgIpc) is 2.81. The number of rotatable bonds is 8. The second-order valence-electron chi connectivity index (χ2n) is 8.44. The summed E-state index contributed by atoms with van der Waals surface area (Å²) in [5.74, 6) is -0.568. The first-order chi connectivity index (χ1) is 16.1. The van der Waals surface area contributed by atoms with Gasteiger partial charge in [0.05, 0.1) is 30.7 Å². The van der Waals surface area contributed by atoms with Gasteiger partial charge in [-0.2, -0.15) is 4.31 Å². The van der Waals surface area contributed by atoms with E-state index in [2.05, 4.69) is 10.6 Å². The first-order valence-corrected chi connectivity index (χ1v) is 12.6. The normalized spacial score (nSPS) is 15.7. The van der Waals surface area contributed by atoms with Crippen molar-refractivity contribution in [3.8, 4) is 0 Å². The van der Waals surface area contributed by atoms with Gasteiger partial charge >= 0.3 is 0 Å². The van der Waals surface area contributed by atoms with Crippen LogP contribution in [0, 0.1) is 13.8 Å². The maximum Gasteiger partial charge on any atom is 0.243 e. The Labute approximate surface area is 201 Å². The largest absolute Gasteiger partial charge is 0.379 e. The maximum absolute atomic E-state index is 12.9. The zero-order valence-electron chi connectivity index (χ0n) is 20.0. The number of anilines is 2. The number of sulfonamides is 1. The highest BCUT2D eigenvalue weighted by molar-refractivity contribution is 7.89. The molecule has 1 atom stereocenters. The molecule has 184 valence electrons. The lowest BCUT2D eigenvalue weighted by atomic mass is 10.1. The van der Waals surface area contributed by atoms with Crippen molar-refractivity contribution in [3.05, 3.63) is 53.6 Å². The standard InChI is InChI=1S/C24H32N4O5S/c1-17-7-5-8-18(2)23(17)26-22(29)16-27(4)19(3)24(30)25-20-9-6-10-21(15-20)34(31,32)28-11-13-33-14-12-28/h5-10,15,19H,11-14,16H2,1-4H3,(H,25,30)(H,26,29)/t19-/m0/s1. The lowest BCUT2D eigenvalue weighted by Gasteiger charge is -2.26. The molecule has 3 rings (SSSR count). The molecule has 10 heteroatoms. The van der Waals surface area contributed by atoms with Crippen LogP contribution in [0.25, 0.3) is 0 Å². The van der Waals surface area contributed by atoms with Crippen LogP contribution < -0.4 is 10.6 Å². The Hall–Kier alpha value is -2.79. The van der Waals surface area contributed by atoms with Crippen molar-refractivity contribution in [2.45, 2.75) is 31.7 Å². The Morgan fingerprint density at radius 3 is 2.32 bits per heavy atom. The molecule has 34 heavy (non-hydrogen) atoms. The third kappa shape index (κ3) is 6.20. The van der Waals surface area contributed by atoms with Gasteiger partial charge in [-0.15, -0.1) is 0 Å². The molecular weight excluding hydrogens is 456 g/mol. The number of amides is 2. The molecule has 2 aromatic rings. The predicted molar refractivity (Wildman–Crippen MR) is 131 cm³/mol. The number of carbonyl (C=O) groups excluding carboxylic acids is 2. The predicted octanol–water partition coefficient (Wildman–Crippen LogP) is 2.22. The Morgan fingerprint density at radius 2 is 1.68 bits per heavy atom. The second kappa shape index (κ2) is 11.1. The summed E-state index contributed by atoms with van der Waals surface area (Å²) in [5.41, 5.74) is 3.08. The fourth-order valence-electron chi connectivity index (χ4n) is 3.67. The third-order valence-electron chi connectivity index (χ3n) is 5.89. The molecular formula is C24H32N4O5S. The van der Waals surface area contributed by atoms with E-state index >= 15 is 0 Å². The number of para-hydroxylation sites is 1. The van der Waals surface area contributed by atoms with Crippen LogP contribution in [0.2, 0.25) is 0 Å². The first kappa shape index (κ1) is 25.8. The fourth-order valence-corrected chi connectivity index (χ4v) is 5.13. The molecule has 1 aliphatic heterocycles. The highest BCUT2D eigenvalue weighted by Gasteiger charge is 2.27. The lowest BCUT2D eigenvalue weighted by Crippen LogP contribution is -2.43. The molecule has 1 saturated heterocycles. The van der Waals surface area contributed by atoms with Crippen molar-refractivity contribution in [2.75, 3.05) is 50.5 Å². The van der Waals surface area contributed by atoms with E-state index in [1.165, 1.54) is 16.4 Å². The molecule has 9 nitrogen and oxygen atoms in total. The molecule has 0 aliphatic carbocycles. The van der Waals surface area contributed by atoms with Gasteiger partial charge in [-0.05, 0) is 57.1 Å². The van der Waals surface area contributed by atoms with E-state index in [0.717, 1.165) is 16.8 Å².